The first kappa shape index (κ1) is 13.1. The van der Waals surface area contributed by atoms with E-state index in [1.165, 1.54) is 18.4 Å². The van der Waals surface area contributed by atoms with Gasteiger partial charge in [0, 0.05) is 0 Å². The Labute approximate surface area is 109 Å². The molecule has 2 nitrogen and oxygen atoms in total. The van der Waals surface area contributed by atoms with Gasteiger partial charge in [0.15, 0.2) is 0 Å². The Hall–Kier alpha value is -1.33. The van der Waals surface area contributed by atoms with Gasteiger partial charge in [-0.1, -0.05) is 55.5 Å². The van der Waals surface area contributed by atoms with Gasteiger partial charge in [-0.05, 0) is 25.3 Å². The third-order valence-electron chi connectivity index (χ3n) is 4.13. The Bertz CT molecular complexity index is 421. The fraction of sp³-hybridized carbons (Fsp3) is 0.562. The van der Waals surface area contributed by atoms with Crippen LogP contribution in [0.1, 0.15) is 55.8 Å². The highest BCUT2D eigenvalue weighted by Crippen LogP contribution is 2.44. The molecule has 2 heteroatoms. The predicted molar refractivity (Wildman–Crippen MR) is 71.9 cm³/mol. The Morgan fingerprint density at radius 3 is 2.17 bits per heavy atom. The van der Waals surface area contributed by atoms with Crippen molar-refractivity contribution in [1.82, 2.24) is 0 Å². The van der Waals surface area contributed by atoms with Gasteiger partial charge in [-0.3, -0.25) is 0 Å². The lowest BCUT2D eigenvalue weighted by Gasteiger charge is -2.30. The number of aryl methyl sites for hydroxylation is 1. The maximum absolute atomic E-state index is 10.6. The summed E-state index contributed by atoms with van der Waals surface area (Å²) in [5, 5.41) is 20.1. The minimum atomic E-state index is -0.652. The standard InChI is InChI=1S/C16H21NO/c1-13-6-8-14(9-7-13)15(18)16(12-17)10-4-2-3-5-11-16/h6-9,15,18H,2-5,10-11H2,1H3. The lowest BCUT2D eigenvalue weighted by Crippen LogP contribution is -2.27. The van der Waals surface area contributed by atoms with Gasteiger partial charge in [0.2, 0.25) is 0 Å². The molecule has 1 fully saturated rings. The van der Waals surface area contributed by atoms with E-state index in [-0.39, 0.29) is 0 Å². The molecular weight excluding hydrogens is 222 g/mol. The molecule has 1 saturated carbocycles. The molecule has 18 heavy (non-hydrogen) atoms. The van der Waals surface area contributed by atoms with Crippen molar-refractivity contribution in [2.45, 2.75) is 51.6 Å². The van der Waals surface area contributed by atoms with Crippen LogP contribution >= 0.6 is 0 Å². The summed E-state index contributed by atoms with van der Waals surface area (Å²) in [5.41, 5.74) is 1.48. The van der Waals surface area contributed by atoms with Crippen LogP contribution in [0, 0.1) is 23.7 Å². The van der Waals surface area contributed by atoms with Gasteiger partial charge in [0.1, 0.15) is 0 Å². The number of nitriles is 1. The van der Waals surface area contributed by atoms with E-state index in [1.807, 2.05) is 31.2 Å². The molecule has 1 aromatic carbocycles. The molecule has 0 saturated heterocycles. The summed E-state index contributed by atoms with van der Waals surface area (Å²) in [6, 6.07) is 10.3. The van der Waals surface area contributed by atoms with Crippen LogP contribution < -0.4 is 0 Å². The minimum absolute atomic E-state index is 0.578. The van der Waals surface area contributed by atoms with Crippen molar-refractivity contribution >= 4 is 0 Å². The molecule has 1 aromatic rings. The quantitative estimate of drug-likeness (QED) is 0.801. The zero-order valence-corrected chi connectivity index (χ0v) is 11.0. The van der Waals surface area contributed by atoms with E-state index in [4.69, 9.17) is 0 Å². The largest absolute Gasteiger partial charge is 0.387 e. The maximum atomic E-state index is 10.6. The van der Waals surface area contributed by atoms with Crippen LogP contribution in [0.25, 0.3) is 0 Å². The fourth-order valence-electron chi connectivity index (χ4n) is 2.87. The first-order valence-corrected chi connectivity index (χ1v) is 6.84. The molecule has 2 rings (SSSR count). The van der Waals surface area contributed by atoms with Crippen molar-refractivity contribution in [3.05, 3.63) is 35.4 Å². The van der Waals surface area contributed by atoms with Gasteiger partial charge in [0.25, 0.3) is 0 Å². The van der Waals surface area contributed by atoms with E-state index in [9.17, 15) is 10.4 Å². The molecule has 1 aliphatic carbocycles. The van der Waals surface area contributed by atoms with Crippen LogP contribution in [-0.2, 0) is 0 Å². The number of aliphatic hydroxyl groups is 1. The summed E-state index contributed by atoms with van der Waals surface area (Å²) in [6.45, 7) is 2.03. The zero-order valence-electron chi connectivity index (χ0n) is 11.0. The van der Waals surface area contributed by atoms with Crippen molar-refractivity contribution in [3.63, 3.8) is 0 Å². The number of benzene rings is 1. The third-order valence-corrected chi connectivity index (χ3v) is 4.13. The van der Waals surface area contributed by atoms with Gasteiger partial charge in [-0.2, -0.15) is 5.26 Å². The lowest BCUT2D eigenvalue weighted by molar-refractivity contribution is 0.0516. The molecule has 1 N–H and O–H groups in total. The van der Waals surface area contributed by atoms with Crippen molar-refractivity contribution in [2.24, 2.45) is 5.41 Å². The van der Waals surface area contributed by atoms with Gasteiger partial charge in [0.05, 0.1) is 17.6 Å². The Kier molecular flexibility index (Phi) is 4.04. The first-order chi connectivity index (χ1) is 8.68. The van der Waals surface area contributed by atoms with E-state index < -0.39 is 11.5 Å². The van der Waals surface area contributed by atoms with E-state index in [2.05, 4.69) is 6.07 Å². The van der Waals surface area contributed by atoms with Gasteiger partial charge >= 0.3 is 0 Å². The summed E-state index contributed by atoms with van der Waals surface area (Å²) >= 11 is 0. The molecule has 1 unspecified atom stereocenters. The topological polar surface area (TPSA) is 44.0 Å². The first-order valence-electron chi connectivity index (χ1n) is 6.84. The van der Waals surface area contributed by atoms with Crippen LogP contribution in [0.2, 0.25) is 0 Å². The molecule has 1 atom stereocenters. The highest BCUT2D eigenvalue weighted by atomic mass is 16.3. The second kappa shape index (κ2) is 5.54. The lowest BCUT2D eigenvalue weighted by atomic mass is 9.74. The van der Waals surface area contributed by atoms with Crippen molar-refractivity contribution in [3.8, 4) is 6.07 Å². The van der Waals surface area contributed by atoms with Crippen LogP contribution in [0.15, 0.2) is 24.3 Å². The van der Waals surface area contributed by atoms with Crippen LogP contribution in [0.3, 0.4) is 0 Å². The number of nitrogens with zero attached hydrogens (tertiary/aromatic N) is 1. The SMILES string of the molecule is Cc1ccc(C(O)C2(C#N)CCCCCC2)cc1. The molecule has 0 radical (unpaired) electrons. The van der Waals surface area contributed by atoms with Crippen molar-refractivity contribution < 1.29 is 5.11 Å². The predicted octanol–water partition coefficient (Wildman–Crippen LogP) is 3.89. The third kappa shape index (κ3) is 2.57. The summed E-state index contributed by atoms with van der Waals surface area (Å²) in [5.74, 6) is 0. The normalized spacial score (nSPS) is 20.7. The van der Waals surface area contributed by atoms with Gasteiger partial charge in [-0.25, -0.2) is 0 Å². The smallest absolute Gasteiger partial charge is 0.0976 e. The number of hydrogen-bond donors (Lipinski definition) is 1. The monoisotopic (exact) mass is 243 g/mol. The molecular formula is C16H21NO. The molecule has 0 aromatic heterocycles. The van der Waals surface area contributed by atoms with E-state index >= 15 is 0 Å². The second-order valence-corrected chi connectivity index (χ2v) is 5.50. The molecule has 0 spiro atoms. The summed E-state index contributed by atoms with van der Waals surface area (Å²) < 4.78 is 0. The minimum Gasteiger partial charge on any atom is -0.387 e. The molecule has 0 aliphatic heterocycles. The molecule has 0 heterocycles. The van der Waals surface area contributed by atoms with Gasteiger partial charge in [-0.15, -0.1) is 0 Å². The van der Waals surface area contributed by atoms with Crippen LogP contribution in [0.4, 0.5) is 0 Å². The molecule has 1 aliphatic rings. The summed E-state index contributed by atoms with van der Waals surface area (Å²) in [7, 11) is 0. The van der Waals surface area contributed by atoms with Crippen molar-refractivity contribution in [1.29, 1.82) is 5.26 Å². The number of aliphatic hydroxyl groups excluding tert-OH is 1. The zero-order chi connectivity index (χ0) is 13.0. The number of rotatable bonds is 2. The Morgan fingerprint density at radius 2 is 1.67 bits per heavy atom. The van der Waals surface area contributed by atoms with Gasteiger partial charge < -0.3 is 5.11 Å². The van der Waals surface area contributed by atoms with E-state index in [0.717, 1.165) is 31.2 Å². The van der Waals surface area contributed by atoms with Crippen LogP contribution in [-0.4, -0.2) is 5.11 Å². The average Bonchev–Trinajstić information content (AvgIpc) is 2.65. The van der Waals surface area contributed by atoms with E-state index in [1.54, 1.807) is 0 Å². The molecule has 0 bridgehead atoms. The summed E-state index contributed by atoms with van der Waals surface area (Å²) in [6.07, 6.45) is 5.46. The Balaban J connectivity index is 2.26. The van der Waals surface area contributed by atoms with Crippen molar-refractivity contribution in [2.75, 3.05) is 0 Å². The molecule has 0 amide bonds. The maximum Gasteiger partial charge on any atom is 0.0976 e. The Morgan fingerprint density at radius 1 is 1.11 bits per heavy atom. The second-order valence-electron chi connectivity index (χ2n) is 5.50. The highest BCUT2D eigenvalue weighted by molar-refractivity contribution is 5.26. The average molecular weight is 243 g/mol. The number of hydrogen-bond acceptors (Lipinski definition) is 2. The molecule has 96 valence electrons. The van der Waals surface area contributed by atoms with Crippen LogP contribution in [0.5, 0.6) is 0 Å². The summed E-state index contributed by atoms with van der Waals surface area (Å²) in [4.78, 5) is 0. The fourth-order valence-corrected chi connectivity index (χ4v) is 2.87. The highest BCUT2D eigenvalue weighted by Gasteiger charge is 2.39. The van der Waals surface area contributed by atoms with E-state index in [0.29, 0.717) is 0 Å².